The highest BCUT2D eigenvalue weighted by Crippen LogP contribution is 2.48. The first-order chi connectivity index (χ1) is 19.5. The maximum atomic E-state index is 13.4. The van der Waals surface area contributed by atoms with Crippen LogP contribution in [0.25, 0.3) is 11.2 Å². The molecule has 2 aromatic heterocycles. The van der Waals surface area contributed by atoms with E-state index in [2.05, 4.69) is 15.0 Å². The average molecular weight is 604 g/mol. The van der Waals surface area contributed by atoms with Gasteiger partial charge in [-0.25, -0.2) is 15.0 Å². The van der Waals surface area contributed by atoms with Crippen LogP contribution in [-0.2, 0) is 53.4 Å². The third-order valence-corrected chi connectivity index (χ3v) is 6.60. The van der Waals surface area contributed by atoms with E-state index in [1.54, 1.807) is 45.5 Å². The Bertz CT molecular complexity index is 1090. The fraction of sp³-hybridized carbons (Fsp3) is 0.720. The predicted molar refractivity (Wildman–Crippen MR) is 147 cm³/mol. The van der Waals surface area contributed by atoms with Gasteiger partial charge < -0.3 is 34.0 Å². The van der Waals surface area contributed by atoms with Crippen molar-refractivity contribution in [3.05, 3.63) is 12.7 Å². The Hall–Kier alpha value is -2.68. The summed E-state index contributed by atoms with van der Waals surface area (Å²) in [7, 11) is -3.82. The summed E-state index contributed by atoms with van der Waals surface area (Å²) in [4.78, 5) is 35.6. The van der Waals surface area contributed by atoms with Crippen molar-refractivity contribution in [2.24, 2.45) is 0 Å². The van der Waals surface area contributed by atoms with Crippen LogP contribution in [0.15, 0.2) is 12.7 Å². The van der Waals surface area contributed by atoms with Gasteiger partial charge in [-0.05, 0) is 47.5 Å². The number of fused-ring (bicyclic) bond motifs is 1. The van der Waals surface area contributed by atoms with E-state index in [4.69, 9.17) is 38.5 Å². The van der Waals surface area contributed by atoms with Crippen LogP contribution < -0.4 is 5.73 Å². The first-order valence-electron chi connectivity index (χ1n) is 13.4. The number of nitrogen functional groups attached to an aromatic ring is 1. The lowest BCUT2D eigenvalue weighted by atomic mass is 10.3. The van der Waals surface area contributed by atoms with Crippen LogP contribution in [0.4, 0.5) is 5.82 Å². The number of hydrogen-bond donors (Lipinski definition) is 1. The monoisotopic (exact) mass is 603 g/mol. The fourth-order valence-corrected chi connectivity index (χ4v) is 4.46. The largest absolute Gasteiger partial charge is 0.463 e. The lowest BCUT2D eigenvalue weighted by Crippen LogP contribution is -2.19. The van der Waals surface area contributed by atoms with Crippen molar-refractivity contribution in [3.8, 4) is 0 Å². The molecule has 2 aromatic rings. The highest BCUT2D eigenvalue weighted by Gasteiger charge is 2.27. The summed E-state index contributed by atoms with van der Waals surface area (Å²) in [6.45, 7) is 8.88. The van der Waals surface area contributed by atoms with Crippen LogP contribution in [0.5, 0.6) is 0 Å². The molecule has 0 spiro atoms. The molecule has 1 atom stereocenters. The van der Waals surface area contributed by atoms with E-state index in [0.29, 0.717) is 30.6 Å². The summed E-state index contributed by atoms with van der Waals surface area (Å²) < 4.78 is 52.6. The van der Waals surface area contributed by atoms with Gasteiger partial charge in [-0.1, -0.05) is 0 Å². The molecule has 232 valence electrons. The highest BCUT2D eigenvalue weighted by molar-refractivity contribution is 7.53. The van der Waals surface area contributed by atoms with Gasteiger partial charge in [0.15, 0.2) is 25.1 Å². The summed E-state index contributed by atoms with van der Waals surface area (Å²) in [6.07, 6.45) is 2.90. The Morgan fingerprint density at radius 2 is 1.46 bits per heavy atom. The van der Waals surface area contributed by atoms with Gasteiger partial charge in [-0.2, -0.15) is 0 Å². The van der Waals surface area contributed by atoms with Gasteiger partial charge in [0, 0.05) is 12.8 Å². The SMILES string of the molecule is CC(C)OC(=O)CCCOCOP(=O)(CO[C@H](C)Cn1cnc2c(N)ncnc21)OCOCCCC(=O)OC(C)C. The molecule has 0 radical (unpaired) electrons. The molecule has 0 amide bonds. The molecule has 0 bridgehead atoms. The van der Waals surface area contributed by atoms with E-state index in [1.165, 1.54) is 6.33 Å². The number of anilines is 1. The van der Waals surface area contributed by atoms with Crippen molar-refractivity contribution in [3.63, 3.8) is 0 Å². The van der Waals surface area contributed by atoms with E-state index in [1.807, 2.05) is 0 Å². The molecule has 0 aliphatic carbocycles. The molecule has 0 saturated heterocycles. The van der Waals surface area contributed by atoms with Gasteiger partial charge in [-0.3, -0.25) is 23.2 Å². The van der Waals surface area contributed by atoms with E-state index < -0.39 is 13.7 Å². The summed E-state index contributed by atoms with van der Waals surface area (Å²) in [6, 6.07) is 0. The number of hydrogen-bond acceptors (Lipinski definition) is 14. The molecule has 2 rings (SSSR count). The summed E-state index contributed by atoms with van der Waals surface area (Å²) in [5.41, 5.74) is 6.85. The zero-order chi connectivity index (χ0) is 30.3. The second kappa shape index (κ2) is 18.0. The lowest BCUT2D eigenvalue weighted by molar-refractivity contribution is -0.148. The van der Waals surface area contributed by atoms with E-state index in [9.17, 15) is 14.2 Å². The van der Waals surface area contributed by atoms with Gasteiger partial charge in [0.05, 0.1) is 44.4 Å². The second-order valence-electron chi connectivity index (χ2n) is 9.64. The number of aromatic nitrogens is 4. The Labute approximate surface area is 239 Å². The number of esters is 2. The predicted octanol–water partition coefficient (Wildman–Crippen LogP) is 3.41. The molecule has 16 heteroatoms. The molecular formula is C25H42N5O10P. The van der Waals surface area contributed by atoms with E-state index in [-0.39, 0.29) is 76.0 Å². The third-order valence-electron chi connectivity index (χ3n) is 5.14. The van der Waals surface area contributed by atoms with E-state index in [0.717, 1.165) is 0 Å². The topological polar surface area (TPSA) is 185 Å². The number of ether oxygens (including phenoxy) is 5. The third kappa shape index (κ3) is 13.7. The summed E-state index contributed by atoms with van der Waals surface area (Å²) in [5.74, 6) is -0.382. The Morgan fingerprint density at radius 1 is 0.902 bits per heavy atom. The number of rotatable bonds is 21. The molecule has 15 nitrogen and oxygen atoms in total. The minimum Gasteiger partial charge on any atom is -0.463 e. The Kier molecular flexibility index (Phi) is 15.1. The first kappa shape index (κ1) is 34.5. The van der Waals surface area contributed by atoms with Crippen LogP contribution in [-0.4, -0.2) is 82.9 Å². The molecule has 41 heavy (non-hydrogen) atoms. The standard InChI is InChI=1S/C25H42N5O10P/c1-18(2)39-21(31)8-6-10-34-15-37-41(33,38-16-35-11-7-9-22(32)40-19(3)4)17-36-20(5)12-30-14-29-23-24(26)27-13-28-25(23)30/h13-14,18-20H,6-12,15-17H2,1-5H3,(H2,26,27,28)/t20-/m1/s1. The average Bonchev–Trinajstić information content (AvgIpc) is 3.30. The summed E-state index contributed by atoms with van der Waals surface area (Å²) in [5, 5.41) is 0. The van der Waals surface area contributed by atoms with Gasteiger partial charge in [0.2, 0.25) is 0 Å². The van der Waals surface area contributed by atoms with Crippen LogP contribution in [0.3, 0.4) is 0 Å². The Morgan fingerprint density at radius 3 is 2.00 bits per heavy atom. The van der Waals surface area contributed by atoms with Gasteiger partial charge in [0.1, 0.15) is 18.2 Å². The number of nitrogens with two attached hydrogens (primary N) is 1. The van der Waals surface area contributed by atoms with Gasteiger partial charge >= 0.3 is 19.5 Å². The second-order valence-corrected chi connectivity index (χ2v) is 11.6. The maximum Gasteiger partial charge on any atom is 0.360 e. The molecule has 0 aromatic carbocycles. The molecule has 0 fully saturated rings. The highest BCUT2D eigenvalue weighted by atomic mass is 31.2. The van der Waals surface area contributed by atoms with E-state index >= 15 is 0 Å². The van der Waals surface area contributed by atoms with Crippen molar-refractivity contribution >= 4 is 36.5 Å². The fourth-order valence-electron chi connectivity index (χ4n) is 3.33. The molecule has 0 unspecified atom stereocenters. The maximum absolute atomic E-state index is 13.4. The van der Waals surface area contributed by atoms with Crippen LogP contribution in [0, 0.1) is 0 Å². The number of imidazole rings is 1. The quantitative estimate of drug-likeness (QED) is 0.0946. The van der Waals surface area contributed by atoms with Gasteiger partial charge in [0.25, 0.3) is 0 Å². The number of nitrogens with zero attached hydrogens (tertiary/aromatic N) is 4. The molecule has 2 N–H and O–H groups in total. The normalized spacial score (nSPS) is 12.8. The van der Waals surface area contributed by atoms with Gasteiger partial charge in [-0.15, -0.1) is 0 Å². The molecule has 0 aliphatic rings. The van der Waals surface area contributed by atoms with Crippen molar-refractivity contribution in [2.75, 3.05) is 38.9 Å². The van der Waals surface area contributed by atoms with Crippen molar-refractivity contribution < 1.29 is 46.9 Å². The zero-order valence-corrected chi connectivity index (χ0v) is 25.2. The minimum absolute atomic E-state index is 0.186. The van der Waals surface area contributed by atoms with Crippen molar-refractivity contribution in [1.82, 2.24) is 19.5 Å². The lowest BCUT2D eigenvalue weighted by Gasteiger charge is -2.21. The van der Waals surface area contributed by atoms with Crippen LogP contribution >= 0.6 is 7.60 Å². The zero-order valence-electron chi connectivity index (χ0n) is 24.4. The van der Waals surface area contributed by atoms with Crippen LogP contribution in [0.1, 0.15) is 60.3 Å². The molecule has 2 heterocycles. The smallest absolute Gasteiger partial charge is 0.360 e. The number of carbonyl (C=O) groups is 2. The van der Waals surface area contributed by atoms with Crippen molar-refractivity contribution in [1.29, 1.82) is 0 Å². The first-order valence-corrected chi connectivity index (χ1v) is 15.2. The molecule has 0 saturated carbocycles. The number of carbonyl (C=O) groups excluding carboxylic acids is 2. The van der Waals surface area contributed by atoms with Crippen LogP contribution in [0.2, 0.25) is 0 Å². The molecule has 0 aliphatic heterocycles. The minimum atomic E-state index is -3.82. The van der Waals surface area contributed by atoms with Crippen molar-refractivity contribution in [2.45, 2.75) is 85.2 Å². The Balaban J connectivity index is 1.83. The molecular weight excluding hydrogens is 561 g/mol. The summed E-state index contributed by atoms with van der Waals surface area (Å²) >= 11 is 0.